The molecular formula is C26H17F3N6O3S. The largest absolute Gasteiger partial charge is 0.433 e. The fraction of sp³-hybridized carbons (Fsp3) is 0.0769. The van der Waals surface area contributed by atoms with Gasteiger partial charge in [0.1, 0.15) is 5.69 Å². The summed E-state index contributed by atoms with van der Waals surface area (Å²) in [7, 11) is 0. The summed E-state index contributed by atoms with van der Waals surface area (Å²) in [6.45, 7) is 1.54. The molecule has 0 unspecified atom stereocenters. The predicted octanol–water partition coefficient (Wildman–Crippen LogP) is 6.23. The van der Waals surface area contributed by atoms with Crippen molar-refractivity contribution < 1.29 is 22.9 Å². The second-order valence-corrected chi connectivity index (χ2v) is 9.18. The molecule has 0 fully saturated rings. The quantitative estimate of drug-likeness (QED) is 0.153. The molecule has 3 aromatic carbocycles. The lowest BCUT2D eigenvalue weighted by molar-refractivity contribution is -0.384. The lowest BCUT2D eigenvalue weighted by Gasteiger charge is -2.07. The van der Waals surface area contributed by atoms with Crippen molar-refractivity contribution >= 4 is 39.4 Å². The Hall–Kier alpha value is -4.91. The summed E-state index contributed by atoms with van der Waals surface area (Å²) in [5.74, 6) is -0.766. The highest BCUT2D eigenvalue weighted by Gasteiger charge is 2.37. The lowest BCUT2D eigenvalue weighted by Crippen LogP contribution is -2.20. The second-order valence-electron chi connectivity index (χ2n) is 8.35. The number of aromatic nitrogens is 3. The van der Waals surface area contributed by atoms with E-state index in [-0.39, 0.29) is 27.9 Å². The molecular weight excluding hydrogens is 533 g/mol. The lowest BCUT2D eigenvalue weighted by atomic mass is 10.1. The van der Waals surface area contributed by atoms with Crippen LogP contribution in [0, 0.1) is 10.1 Å². The van der Waals surface area contributed by atoms with E-state index in [1.54, 1.807) is 31.2 Å². The first-order valence-electron chi connectivity index (χ1n) is 11.3. The summed E-state index contributed by atoms with van der Waals surface area (Å²) < 4.78 is 42.4. The van der Waals surface area contributed by atoms with Gasteiger partial charge >= 0.3 is 6.18 Å². The number of non-ortho nitro benzene ring substituents is 1. The smallest absolute Gasteiger partial charge is 0.266 e. The molecule has 1 N–H and O–H groups in total. The van der Waals surface area contributed by atoms with E-state index >= 15 is 0 Å². The number of amides is 1. The van der Waals surface area contributed by atoms with Gasteiger partial charge in [-0.05, 0) is 29.8 Å². The number of hydrazone groups is 1. The van der Waals surface area contributed by atoms with E-state index in [1.165, 1.54) is 23.6 Å². The van der Waals surface area contributed by atoms with Gasteiger partial charge in [0, 0.05) is 28.6 Å². The molecule has 0 radical (unpaired) electrons. The first-order valence-corrected chi connectivity index (χ1v) is 12.2. The Balaban J connectivity index is 1.41. The van der Waals surface area contributed by atoms with Gasteiger partial charge in [0.15, 0.2) is 5.69 Å². The summed E-state index contributed by atoms with van der Waals surface area (Å²) in [6.07, 6.45) is -4.73. The van der Waals surface area contributed by atoms with E-state index in [1.807, 2.05) is 24.3 Å². The molecule has 0 aliphatic rings. The number of halogens is 3. The molecule has 5 aromatic rings. The van der Waals surface area contributed by atoms with Gasteiger partial charge in [-0.25, -0.2) is 15.1 Å². The molecule has 2 aromatic heterocycles. The third kappa shape index (κ3) is 5.38. The van der Waals surface area contributed by atoms with Crippen molar-refractivity contribution in [1.29, 1.82) is 0 Å². The number of nitrogens with zero attached hydrogens (tertiary/aromatic N) is 5. The van der Waals surface area contributed by atoms with Gasteiger partial charge in [-0.1, -0.05) is 48.5 Å². The van der Waals surface area contributed by atoms with Gasteiger partial charge in [0.05, 0.1) is 16.3 Å². The Kier molecular flexibility index (Phi) is 6.66. The van der Waals surface area contributed by atoms with E-state index in [0.717, 1.165) is 28.2 Å². The number of thiazole rings is 1. The van der Waals surface area contributed by atoms with Gasteiger partial charge in [-0.3, -0.25) is 14.9 Å². The van der Waals surface area contributed by atoms with Gasteiger partial charge in [0.25, 0.3) is 11.6 Å². The number of nitro benzene ring substituents is 1. The zero-order valence-electron chi connectivity index (χ0n) is 20.0. The third-order valence-corrected chi connectivity index (χ3v) is 6.57. The minimum Gasteiger partial charge on any atom is -0.266 e. The summed E-state index contributed by atoms with van der Waals surface area (Å²) >= 11 is 0.813. The molecule has 0 spiro atoms. The first kappa shape index (κ1) is 25.7. The van der Waals surface area contributed by atoms with Crippen molar-refractivity contribution in [2.75, 3.05) is 0 Å². The summed E-state index contributed by atoms with van der Waals surface area (Å²) in [4.78, 5) is 27.1. The Morgan fingerprint density at radius 3 is 2.56 bits per heavy atom. The number of carbonyl (C=O) groups excluding carboxylic acids is 1. The number of alkyl halides is 3. The topological polar surface area (TPSA) is 115 Å². The Labute approximate surface area is 222 Å². The maximum Gasteiger partial charge on any atom is 0.433 e. The average molecular weight is 551 g/mol. The fourth-order valence-corrected chi connectivity index (χ4v) is 4.55. The fourth-order valence-electron chi connectivity index (χ4n) is 3.79. The van der Waals surface area contributed by atoms with Crippen LogP contribution in [0.4, 0.5) is 18.9 Å². The van der Waals surface area contributed by atoms with Crippen LogP contribution in [0.2, 0.25) is 0 Å². The zero-order chi connectivity index (χ0) is 27.7. The summed E-state index contributed by atoms with van der Waals surface area (Å²) in [5, 5.41) is 22.0. The van der Waals surface area contributed by atoms with Crippen LogP contribution in [0.1, 0.15) is 28.7 Å². The van der Waals surface area contributed by atoms with Crippen LogP contribution in [-0.4, -0.2) is 31.3 Å². The SMILES string of the molecule is C/C(=N/NC(=O)c1csc(-n2nc(-c3ccc4ccccc4c3)cc2C(F)(F)F)n1)c1cccc([N+](=O)[O-])c1. The van der Waals surface area contributed by atoms with E-state index in [2.05, 4.69) is 20.6 Å². The van der Waals surface area contributed by atoms with Crippen molar-refractivity contribution in [1.82, 2.24) is 20.2 Å². The van der Waals surface area contributed by atoms with E-state index in [4.69, 9.17) is 0 Å². The molecule has 39 heavy (non-hydrogen) atoms. The Morgan fingerprint density at radius 1 is 1.05 bits per heavy atom. The molecule has 196 valence electrons. The predicted molar refractivity (Wildman–Crippen MR) is 140 cm³/mol. The van der Waals surface area contributed by atoms with Gasteiger partial charge in [0.2, 0.25) is 5.13 Å². The molecule has 0 bridgehead atoms. The number of nitro groups is 1. The number of rotatable bonds is 6. The number of nitrogens with one attached hydrogen (secondary N) is 1. The minimum absolute atomic E-state index is 0.103. The van der Waals surface area contributed by atoms with Crippen molar-refractivity contribution in [3.63, 3.8) is 0 Å². The van der Waals surface area contributed by atoms with E-state index in [9.17, 15) is 28.1 Å². The van der Waals surface area contributed by atoms with Crippen LogP contribution in [0.15, 0.2) is 83.3 Å². The number of fused-ring (bicyclic) bond motifs is 1. The molecule has 2 heterocycles. The molecule has 0 aliphatic heterocycles. The molecule has 5 rings (SSSR count). The molecule has 0 aliphatic carbocycles. The van der Waals surface area contributed by atoms with Crippen molar-refractivity contribution in [2.45, 2.75) is 13.1 Å². The monoisotopic (exact) mass is 550 g/mol. The first-order chi connectivity index (χ1) is 18.6. The van der Waals surface area contributed by atoms with Gasteiger partial charge < -0.3 is 0 Å². The standard InChI is InChI=1S/C26H17F3N6O3S/c1-15(17-7-4-8-20(12-17)35(37)38)31-32-24(36)22-14-39-25(30-22)34-23(26(27,28)29)13-21(33-34)19-10-9-16-5-2-3-6-18(16)11-19/h2-14H,1H3,(H,32,36)/b31-15-. The Bertz CT molecular complexity index is 1760. The normalized spacial score (nSPS) is 12.1. The number of carbonyl (C=O) groups is 1. The molecule has 0 saturated carbocycles. The van der Waals surface area contributed by atoms with Gasteiger partial charge in [-0.15, -0.1) is 11.3 Å². The minimum atomic E-state index is -4.73. The van der Waals surface area contributed by atoms with Crippen LogP contribution in [0.25, 0.3) is 27.2 Å². The Morgan fingerprint density at radius 2 is 1.82 bits per heavy atom. The highest BCUT2D eigenvalue weighted by molar-refractivity contribution is 7.12. The number of hydrogen-bond acceptors (Lipinski definition) is 7. The molecule has 13 heteroatoms. The van der Waals surface area contributed by atoms with Crippen LogP contribution in [-0.2, 0) is 6.18 Å². The van der Waals surface area contributed by atoms with Crippen molar-refractivity contribution in [3.8, 4) is 16.4 Å². The van der Waals surface area contributed by atoms with Crippen molar-refractivity contribution in [2.24, 2.45) is 5.10 Å². The molecule has 0 atom stereocenters. The summed E-state index contributed by atoms with van der Waals surface area (Å²) in [5.41, 5.74) is 2.24. The summed E-state index contributed by atoms with van der Waals surface area (Å²) in [6, 6.07) is 19.3. The highest BCUT2D eigenvalue weighted by atomic mass is 32.1. The third-order valence-electron chi connectivity index (χ3n) is 5.75. The van der Waals surface area contributed by atoms with Crippen LogP contribution < -0.4 is 5.43 Å². The van der Waals surface area contributed by atoms with Crippen LogP contribution in [0.3, 0.4) is 0 Å². The second kappa shape index (κ2) is 10.1. The maximum atomic E-state index is 13.9. The number of benzene rings is 3. The van der Waals surface area contributed by atoms with Crippen LogP contribution in [0.5, 0.6) is 0 Å². The highest BCUT2D eigenvalue weighted by Crippen LogP contribution is 2.35. The molecule has 1 amide bonds. The number of hydrogen-bond donors (Lipinski definition) is 1. The van der Waals surface area contributed by atoms with Gasteiger partial charge in [-0.2, -0.15) is 23.4 Å². The van der Waals surface area contributed by atoms with Crippen molar-refractivity contribution in [3.05, 3.63) is 105 Å². The average Bonchev–Trinajstić information content (AvgIpc) is 3.59. The van der Waals surface area contributed by atoms with E-state index < -0.39 is 22.7 Å². The maximum absolute atomic E-state index is 13.9. The molecule has 0 saturated heterocycles. The van der Waals surface area contributed by atoms with E-state index in [0.29, 0.717) is 15.8 Å². The van der Waals surface area contributed by atoms with Crippen LogP contribution >= 0.6 is 11.3 Å². The zero-order valence-corrected chi connectivity index (χ0v) is 20.8. The molecule has 9 nitrogen and oxygen atoms in total.